The van der Waals surface area contributed by atoms with E-state index in [0.29, 0.717) is 18.2 Å². The second-order valence-electron chi connectivity index (χ2n) is 3.96. The number of hydrogen-bond donors (Lipinski definition) is 2. The molecule has 0 saturated carbocycles. The molecule has 3 rings (SSSR count). The van der Waals surface area contributed by atoms with Crippen molar-refractivity contribution in [3.8, 4) is 0 Å². The Labute approximate surface area is 108 Å². The van der Waals surface area contributed by atoms with E-state index in [2.05, 4.69) is 15.3 Å². The minimum atomic E-state index is 0.487. The molecule has 0 bridgehead atoms. The highest BCUT2D eigenvalue weighted by atomic mass is 32.1. The normalized spacial score (nSPS) is 10.9. The van der Waals surface area contributed by atoms with Crippen LogP contribution in [0.25, 0.3) is 11.1 Å². The van der Waals surface area contributed by atoms with Gasteiger partial charge >= 0.3 is 0 Å². The van der Waals surface area contributed by atoms with Crippen molar-refractivity contribution in [3.05, 3.63) is 34.3 Å². The molecule has 0 radical (unpaired) electrons. The van der Waals surface area contributed by atoms with Gasteiger partial charge in [-0.3, -0.25) is 0 Å². The number of anilines is 2. The monoisotopic (exact) mass is 260 g/mol. The summed E-state index contributed by atoms with van der Waals surface area (Å²) in [6, 6.07) is 5.88. The Kier molecular flexibility index (Phi) is 2.64. The number of thiazole rings is 1. The van der Waals surface area contributed by atoms with Gasteiger partial charge < -0.3 is 15.5 Å². The van der Waals surface area contributed by atoms with Crippen LogP contribution >= 0.6 is 11.3 Å². The molecule has 92 valence electrons. The molecule has 2 aromatic heterocycles. The molecule has 2 heterocycles. The van der Waals surface area contributed by atoms with Crippen LogP contribution in [0.3, 0.4) is 0 Å². The largest absolute Gasteiger partial charge is 0.424 e. The number of nitrogen functional groups attached to an aromatic ring is 1. The quantitative estimate of drug-likeness (QED) is 0.708. The number of hydrogen-bond acceptors (Lipinski definition) is 6. The fourth-order valence-corrected chi connectivity index (χ4v) is 2.29. The molecule has 6 heteroatoms. The Morgan fingerprint density at radius 2 is 2.28 bits per heavy atom. The van der Waals surface area contributed by atoms with E-state index in [4.69, 9.17) is 10.2 Å². The summed E-state index contributed by atoms with van der Waals surface area (Å²) in [7, 11) is 0. The minimum absolute atomic E-state index is 0.487. The number of aryl methyl sites for hydroxylation is 1. The fraction of sp³-hybridized carbons (Fsp3) is 0.167. The molecule has 0 saturated heterocycles. The number of oxazole rings is 1. The van der Waals surface area contributed by atoms with Crippen molar-refractivity contribution in [2.24, 2.45) is 0 Å². The molecule has 3 aromatic rings. The third-order valence-electron chi connectivity index (χ3n) is 2.50. The minimum Gasteiger partial charge on any atom is -0.424 e. The summed E-state index contributed by atoms with van der Waals surface area (Å²) in [5.74, 6) is 0. The van der Waals surface area contributed by atoms with Gasteiger partial charge in [-0.05, 0) is 25.1 Å². The predicted octanol–water partition coefficient (Wildman–Crippen LogP) is 2.79. The van der Waals surface area contributed by atoms with Crippen LogP contribution in [0, 0.1) is 6.92 Å². The summed E-state index contributed by atoms with van der Waals surface area (Å²) in [5, 5.41) is 6.18. The van der Waals surface area contributed by atoms with E-state index in [1.54, 1.807) is 23.5 Å². The van der Waals surface area contributed by atoms with Gasteiger partial charge in [0.05, 0.1) is 17.2 Å². The zero-order valence-corrected chi connectivity index (χ0v) is 10.6. The van der Waals surface area contributed by atoms with Crippen LogP contribution < -0.4 is 11.1 Å². The molecular weight excluding hydrogens is 248 g/mol. The van der Waals surface area contributed by atoms with Crippen molar-refractivity contribution in [3.63, 3.8) is 0 Å². The first kappa shape index (κ1) is 11.0. The summed E-state index contributed by atoms with van der Waals surface area (Å²) >= 11 is 1.63. The molecule has 0 atom stereocenters. The van der Waals surface area contributed by atoms with Gasteiger partial charge in [0.2, 0.25) is 0 Å². The highest BCUT2D eigenvalue weighted by molar-refractivity contribution is 7.09. The third kappa shape index (κ3) is 2.14. The smallest absolute Gasteiger partial charge is 0.296 e. The van der Waals surface area contributed by atoms with Gasteiger partial charge in [0, 0.05) is 11.1 Å². The zero-order valence-electron chi connectivity index (χ0n) is 9.80. The Bertz CT molecular complexity index is 688. The van der Waals surface area contributed by atoms with Crippen LogP contribution in [-0.2, 0) is 6.54 Å². The lowest BCUT2D eigenvalue weighted by Gasteiger charge is -1.96. The molecule has 18 heavy (non-hydrogen) atoms. The van der Waals surface area contributed by atoms with Gasteiger partial charge in [0.1, 0.15) is 5.52 Å². The van der Waals surface area contributed by atoms with Crippen LogP contribution in [0.4, 0.5) is 11.7 Å². The second-order valence-corrected chi connectivity index (χ2v) is 5.02. The molecule has 0 aliphatic rings. The predicted molar refractivity (Wildman–Crippen MR) is 72.6 cm³/mol. The summed E-state index contributed by atoms with van der Waals surface area (Å²) in [4.78, 5) is 8.67. The Hall–Kier alpha value is -2.08. The second kappa shape index (κ2) is 4.30. The van der Waals surface area contributed by atoms with Crippen molar-refractivity contribution in [2.75, 3.05) is 11.1 Å². The number of aromatic nitrogens is 2. The lowest BCUT2D eigenvalue weighted by Crippen LogP contribution is -1.99. The van der Waals surface area contributed by atoms with Gasteiger partial charge in [0.25, 0.3) is 6.01 Å². The standard InChI is InChI=1S/C12H12N4OS/c1-7-15-9(6-18-7)5-14-12-16-10-4-8(13)2-3-11(10)17-12/h2-4,6H,5,13H2,1H3,(H,14,16). The van der Waals surface area contributed by atoms with Gasteiger partial charge in [-0.15, -0.1) is 11.3 Å². The van der Waals surface area contributed by atoms with E-state index < -0.39 is 0 Å². The molecular formula is C12H12N4OS. The maximum atomic E-state index is 5.69. The van der Waals surface area contributed by atoms with Gasteiger partial charge in [-0.2, -0.15) is 4.98 Å². The number of nitrogens with zero attached hydrogens (tertiary/aromatic N) is 2. The average Bonchev–Trinajstić information content (AvgIpc) is 2.92. The molecule has 0 spiro atoms. The molecule has 0 fully saturated rings. The van der Waals surface area contributed by atoms with Crippen molar-refractivity contribution < 1.29 is 4.42 Å². The first-order valence-electron chi connectivity index (χ1n) is 5.51. The number of nitrogens with one attached hydrogen (secondary N) is 1. The van der Waals surface area contributed by atoms with Crippen molar-refractivity contribution in [1.29, 1.82) is 0 Å². The molecule has 0 aliphatic carbocycles. The molecule has 5 nitrogen and oxygen atoms in total. The van der Waals surface area contributed by atoms with Gasteiger partial charge in [-0.25, -0.2) is 4.98 Å². The van der Waals surface area contributed by atoms with Crippen LogP contribution in [0.5, 0.6) is 0 Å². The number of nitrogens with two attached hydrogens (primary N) is 1. The number of benzene rings is 1. The van der Waals surface area contributed by atoms with E-state index in [-0.39, 0.29) is 0 Å². The first-order valence-corrected chi connectivity index (χ1v) is 6.39. The van der Waals surface area contributed by atoms with E-state index in [1.165, 1.54) is 0 Å². The topological polar surface area (TPSA) is 77.0 Å². The summed E-state index contributed by atoms with van der Waals surface area (Å²) < 4.78 is 5.55. The average molecular weight is 260 g/mol. The van der Waals surface area contributed by atoms with E-state index in [1.807, 2.05) is 18.4 Å². The van der Waals surface area contributed by atoms with E-state index in [9.17, 15) is 0 Å². The highest BCUT2D eigenvalue weighted by Crippen LogP contribution is 2.21. The van der Waals surface area contributed by atoms with Crippen molar-refractivity contribution >= 4 is 34.1 Å². The van der Waals surface area contributed by atoms with Gasteiger partial charge in [-0.1, -0.05) is 0 Å². The molecule has 3 N–H and O–H groups in total. The first-order chi connectivity index (χ1) is 8.70. The van der Waals surface area contributed by atoms with E-state index >= 15 is 0 Å². The van der Waals surface area contributed by atoms with Crippen LogP contribution in [0.2, 0.25) is 0 Å². The van der Waals surface area contributed by atoms with Crippen molar-refractivity contribution in [1.82, 2.24) is 9.97 Å². The Morgan fingerprint density at radius 3 is 3.06 bits per heavy atom. The molecule has 0 aliphatic heterocycles. The number of rotatable bonds is 3. The zero-order chi connectivity index (χ0) is 12.5. The molecule has 0 amide bonds. The maximum absolute atomic E-state index is 5.69. The van der Waals surface area contributed by atoms with Crippen LogP contribution in [-0.4, -0.2) is 9.97 Å². The maximum Gasteiger partial charge on any atom is 0.296 e. The Morgan fingerprint density at radius 1 is 1.39 bits per heavy atom. The molecule has 0 unspecified atom stereocenters. The summed E-state index contributed by atoms with van der Waals surface area (Å²) in [6.45, 7) is 2.59. The SMILES string of the molecule is Cc1nc(CNc2nc3cc(N)ccc3o2)cs1. The Balaban J connectivity index is 1.78. The summed E-state index contributed by atoms with van der Waals surface area (Å²) in [6.07, 6.45) is 0. The van der Waals surface area contributed by atoms with Gasteiger partial charge in [0.15, 0.2) is 5.58 Å². The van der Waals surface area contributed by atoms with Crippen LogP contribution in [0.15, 0.2) is 28.0 Å². The lowest BCUT2D eigenvalue weighted by atomic mass is 10.3. The van der Waals surface area contributed by atoms with Crippen molar-refractivity contribution in [2.45, 2.75) is 13.5 Å². The van der Waals surface area contributed by atoms with Crippen LogP contribution in [0.1, 0.15) is 10.7 Å². The fourth-order valence-electron chi connectivity index (χ4n) is 1.68. The lowest BCUT2D eigenvalue weighted by molar-refractivity contribution is 0.614. The highest BCUT2D eigenvalue weighted by Gasteiger charge is 2.06. The summed E-state index contributed by atoms with van der Waals surface area (Å²) in [5.41, 5.74) is 8.83. The third-order valence-corrected chi connectivity index (χ3v) is 3.32. The number of fused-ring (bicyclic) bond motifs is 1. The molecule has 1 aromatic carbocycles. The van der Waals surface area contributed by atoms with E-state index in [0.717, 1.165) is 21.8 Å².